The van der Waals surface area contributed by atoms with E-state index < -0.39 is 0 Å². The normalized spacial score (nSPS) is 14.1. The molecular weight excluding hydrogens is 576 g/mol. The van der Waals surface area contributed by atoms with Gasteiger partial charge in [0, 0.05) is 33.8 Å². The van der Waals surface area contributed by atoms with Gasteiger partial charge in [-0.05, 0) is 79.5 Å². The Morgan fingerprint density at radius 2 is 1.84 bits per heavy atom. The lowest BCUT2D eigenvalue weighted by Crippen LogP contribution is -2.52. The van der Waals surface area contributed by atoms with Crippen LogP contribution in [0.2, 0.25) is 5.02 Å². The highest BCUT2D eigenvalue weighted by molar-refractivity contribution is 9.10. The van der Waals surface area contributed by atoms with Crippen LogP contribution in [0.4, 0.5) is 0 Å². The molecule has 0 atom stereocenters. The first-order chi connectivity index (χ1) is 17.6. The van der Waals surface area contributed by atoms with Crippen LogP contribution in [0.25, 0.3) is 10.7 Å². The molecule has 2 amide bonds. The second-order valence-electron chi connectivity index (χ2n) is 9.21. The van der Waals surface area contributed by atoms with E-state index >= 15 is 0 Å². The zero-order chi connectivity index (χ0) is 26.4. The first-order valence-electron chi connectivity index (χ1n) is 11.8. The molecule has 5 rings (SSSR count). The molecule has 1 aliphatic heterocycles. The predicted molar refractivity (Wildman–Crippen MR) is 148 cm³/mol. The minimum Gasteiger partial charge on any atom is -0.333 e. The Balaban J connectivity index is 1.30. The quantitative estimate of drug-likeness (QED) is 0.313. The Kier molecular flexibility index (Phi) is 6.99. The Morgan fingerprint density at radius 1 is 1.11 bits per heavy atom. The third kappa shape index (κ3) is 4.85. The Morgan fingerprint density at radius 3 is 2.51 bits per heavy atom. The van der Waals surface area contributed by atoms with Gasteiger partial charge in [-0.2, -0.15) is 0 Å². The van der Waals surface area contributed by atoms with E-state index in [-0.39, 0.29) is 18.4 Å². The first-order valence-corrected chi connectivity index (χ1v) is 13.8. The van der Waals surface area contributed by atoms with Gasteiger partial charge in [-0.1, -0.05) is 16.8 Å². The molecule has 0 radical (unpaired) electrons. The molecule has 1 fully saturated rings. The third-order valence-electron chi connectivity index (χ3n) is 6.72. The van der Waals surface area contributed by atoms with Gasteiger partial charge in [-0.25, -0.2) is 4.68 Å². The fraction of sp³-hybridized carbons (Fsp3) is 0.308. The fourth-order valence-electron chi connectivity index (χ4n) is 4.53. The van der Waals surface area contributed by atoms with E-state index in [1.807, 2.05) is 39.8 Å². The van der Waals surface area contributed by atoms with Crippen LogP contribution < -0.4 is 0 Å². The number of piperazine rings is 1. The summed E-state index contributed by atoms with van der Waals surface area (Å²) < 4.78 is 4.55. The van der Waals surface area contributed by atoms with Crippen molar-refractivity contribution in [2.24, 2.45) is 0 Å². The summed E-state index contributed by atoms with van der Waals surface area (Å²) in [6, 6.07) is 9.62. The van der Waals surface area contributed by atoms with Crippen molar-refractivity contribution in [3.63, 3.8) is 0 Å². The third-order valence-corrected chi connectivity index (χ3v) is 9.15. The maximum atomic E-state index is 13.7. The van der Waals surface area contributed by atoms with Gasteiger partial charge in [0.1, 0.15) is 17.2 Å². The number of nitrogens with zero attached hydrogens (tertiary/aromatic N) is 6. The summed E-state index contributed by atoms with van der Waals surface area (Å²) in [5.41, 5.74) is 5.25. The highest BCUT2D eigenvalue weighted by atomic mass is 79.9. The SMILES string of the molecule is Cc1sc(-n2c(C)ccc2C)c(C(=O)N2CCN(Cc3cn(-c4ccc(Br)c(Cl)c4)nn3)C(=O)C2)c1C. The zero-order valence-electron chi connectivity index (χ0n) is 21.0. The number of carbonyl (C=O) groups excluding carboxylic acids is 2. The number of hydrogen-bond acceptors (Lipinski definition) is 5. The van der Waals surface area contributed by atoms with E-state index in [1.54, 1.807) is 38.1 Å². The van der Waals surface area contributed by atoms with Crippen LogP contribution >= 0.6 is 38.9 Å². The zero-order valence-corrected chi connectivity index (χ0v) is 24.1. The second kappa shape index (κ2) is 10.1. The molecule has 4 aromatic rings. The van der Waals surface area contributed by atoms with Crippen molar-refractivity contribution >= 4 is 50.7 Å². The van der Waals surface area contributed by atoms with Gasteiger partial charge in [0.25, 0.3) is 5.91 Å². The molecule has 0 aliphatic carbocycles. The standard InChI is InChI=1S/C26H26BrClN6O2S/c1-15-5-6-16(2)34(15)26-24(17(3)18(4)37-26)25(36)32-10-9-31(23(35)14-32)12-19-13-33(30-29-19)20-7-8-21(27)22(28)11-20/h5-8,11,13H,9-10,12,14H2,1-4H3. The number of carbonyl (C=O) groups is 2. The fourth-order valence-corrected chi connectivity index (χ4v) is 6.22. The van der Waals surface area contributed by atoms with Gasteiger partial charge in [0.2, 0.25) is 5.91 Å². The monoisotopic (exact) mass is 600 g/mol. The molecule has 1 saturated heterocycles. The first kappa shape index (κ1) is 25.7. The molecule has 0 saturated carbocycles. The van der Waals surface area contributed by atoms with E-state index in [0.29, 0.717) is 35.9 Å². The summed E-state index contributed by atoms with van der Waals surface area (Å²) >= 11 is 11.2. The molecule has 11 heteroatoms. The van der Waals surface area contributed by atoms with Crippen molar-refractivity contribution < 1.29 is 9.59 Å². The smallest absolute Gasteiger partial charge is 0.257 e. The molecule has 0 spiro atoms. The number of rotatable bonds is 5. The van der Waals surface area contributed by atoms with Crippen LogP contribution in [-0.4, -0.2) is 60.8 Å². The molecule has 4 heterocycles. The van der Waals surface area contributed by atoms with Crippen LogP contribution in [0.15, 0.2) is 41.0 Å². The molecule has 192 valence electrons. The Bertz CT molecular complexity index is 1500. The number of aryl methyl sites for hydroxylation is 3. The number of amides is 2. The van der Waals surface area contributed by atoms with Gasteiger partial charge in [-0.3, -0.25) is 9.59 Å². The van der Waals surface area contributed by atoms with E-state index in [4.69, 9.17) is 11.6 Å². The Hall–Kier alpha value is -2.95. The number of aromatic nitrogens is 4. The number of benzene rings is 1. The maximum Gasteiger partial charge on any atom is 0.257 e. The van der Waals surface area contributed by atoms with Gasteiger partial charge in [0.15, 0.2) is 0 Å². The average Bonchev–Trinajstić information content (AvgIpc) is 3.54. The largest absolute Gasteiger partial charge is 0.333 e. The summed E-state index contributed by atoms with van der Waals surface area (Å²) in [5.74, 6) is -0.212. The molecule has 1 aliphatic rings. The predicted octanol–water partition coefficient (Wildman–Crippen LogP) is 5.25. The van der Waals surface area contributed by atoms with Crippen molar-refractivity contribution in [3.8, 4) is 10.7 Å². The second-order valence-corrected chi connectivity index (χ2v) is 11.7. The van der Waals surface area contributed by atoms with Crippen LogP contribution in [-0.2, 0) is 11.3 Å². The molecule has 0 bridgehead atoms. The van der Waals surface area contributed by atoms with Crippen LogP contribution in [0.3, 0.4) is 0 Å². The number of halogens is 2. The number of hydrogen-bond donors (Lipinski definition) is 0. The van der Waals surface area contributed by atoms with Crippen molar-refractivity contribution in [2.45, 2.75) is 34.2 Å². The molecule has 8 nitrogen and oxygen atoms in total. The lowest BCUT2D eigenvalue weighted by atomic mass is 10.1. The minimum absolute atomic E-state index is 0.0344. The van der Waals surface area contributed by atoms with E-state index in [0.717, 1.165) is 37.0 Å². The molecule has 3 aromatic heterocycles. The van der Waals surface area contributed by atoms with Crippen molar-refractivity contribution in [1.82, 2.24) is 29.4 Å². The topological polar surface area (TPSA) is 76.3 Å². The van der Waals surface area contributed by atoms with Gasteiger partial charge in [-0.15, -0.1) is 16.4 Å². The summed E-state index contributed by atoms with van der Waals surface area (Å²) in [4.78, 5) is 31.3. The molecule has 0 unspecified atom stereocenters. The lowest BCUT2D eigenvalue weighted by molar-refractivity contribution is -0.135. The highest BCUT2D eigenvalue weighted by Crippen LogP contribution is 2.34. The summed E-state index contributed by atoms with van der Waals surface area (Å²) in [7, 11) is 0. The molecule has 0 N–H and O–H groups in total. The van der Waals surface area contributed by atoms with E-state index in [1.165, 1.54) is 0 Å². The van der Waals surface area contributed by atoms with Gasteiger partial charge in [0.05, 0.1) is 29.0 Å². The molecular formula is C26H26BrClN6O2S. The van der Waals surface area contributed by atoms with Gasteiger partial charge < -0.3 is 14.4 Å². The van der Waals surface area contributed by atoms with Crippen LogP contribution in [0.1, 0.15) is 37.9 Å². The van der Waals surface area contributed by atoms with Crippen LogP contribution in [0, 0.1) is 27.7 Å². The van der Waals surface area contributed by atoms with E-state index in [9.17, 15) is 9.59 Å². The maximum absolute atomic E-state index is 13.7. The highest BCUT2D eigenvalue weighted by Gasteiger charge is 2.32. The molecule has 37 heavy (non-hydrogen) atoms. The summed E-state index contributed by atoms with van der Waals surface area (Å²) in [5, 5.41) is 9.90. The van der Waals surface area contributed by atoms with Gasteiger partial charge >= 0.3 is 0 Å². The van der Waals surface area contributed by atoms with Crippen molar-refractivity contribution in [2.75, 3.05) is 19.6 Å². The van der Waals surface area contributed by atoms with Crippen LogP contribution in [0.5, 0.6) is 0 Å². The molecule has 1 aromatic carbocycles. The number of thiophene rings is 1. The Labute approximate surface area is 232 Å². The van der Waals surface area contributed by atoms with Crippen molar-refractivity contribution in [3.05, 3.63) is 79.1 Å². The average molecular weight is 602 g/mol. The lowest BCUT2D eigenvalue weighted by Gasteiger charge is -2.34. The summed E-state index contributed by atoms with van der Waals surface area (Å²) in [6.45, 7) is 9.34. The van der Waals surface area contributed by atoms with E-state index in [2.05, 4.69) is 42.9 Å². The minimum atomic E-state index is -0.111. The van der Waals surface area contributed by atoms with Crippen molar-refractivity contribution in [1.29, 1.82) is 0 Å². The summed E-state index contributed by atoms with van der Waals surface area (Å²) in [6.07, 6.45) is 1.79.